The van der Waals surface area contributed by atoms with Gasteiger partial charge < -0.3 is 20.1 Å². The van der Waals surface area contributed by atoms with Crippen molar-refractivity contribution in [2.75, 3.05) is 11.9 Å². The van der Waals surface area contributed by atoms with Crippen molar-refractivity contribution in [3.8, 4) is 5.69 Å². The number of rotatable bonds is 7. The number of thiocarbonyl (C=S) groups is 1. The normalized spacial score (nSPS) is 16.8. The number of pyridine rings is 1. The van der Waals surface area contributed by atoms with Crippen molar-refractivity contribution in [3.05, 3.63) is 126 Å². The summed E-state index contributed by atoms with van der Waals surface area (Å²) in [5.74, 6) is -0.0525. The summed E-state index contributed by atoms with van der Waals surface area (Å²) in [5, 5.41) is 9.34. The van der Waals surface area contributed by atoms with Crippen LogP contribution in [0.4, 0.5) is 5.69 Å². The molecule has 0 aliphatic carbocycles. The van der Waals surface area contributed by atoms with Gasteiger partial charge in [0.25, 0.3) is 0 Å². The van der Waals surface area contributed by atoms with E-state index in [9.17, 15) is 4.79 Å². The minimum Gasteiger partial charge on any atom is -0.352 e. The molecule has 0 bridgehead atoms. The maximum absolute atomic E-state index is 13.2. The van der Waals surface area contributed by atoms with Crippen molar-refractivity contribution in [1.29, 1.82) is 0 Å². The number of benzene rings is 3. The van der Waals surface area contributed by atoms with E-state index in [0.29, 0.717) is 18.1 Å². The molecule has 2 aromatic heterocycles. The maximum Gasteiger partial charge on any atom is 0.226 e. The third-order valence-corrected chi connectivity index (χ3v) is 7.56. The highest BCUT2D eigenvalue weighted by atomic mass is 32.1. The van der Waals surface area contributed by atoms with Crippen molar-refractivity contribution in [2.45, 2.75) is 25.4 Å². The summed E-state index contributed by atoms with van der Waals surface area (Å²) in [7, 11) is 0. The van der Waals surface area contributed by atoms with Gasteiger partial charge >= 0.3 is 0 Å². The molecule has 39 heavy (non-hydrogen) atoms. The molecular formula is C32H29N5OS. The lowest BCUT2D eigenvalue weighted by Gasteiger charge is -2.29. The molecule has 1 saturated heterocycles. The summed E-state index contributed by atoms with van der Waals surface area (Å²) in [5.41, 5.74) is 5.08. The van der Waals surface area contributed by atoms with Gasteiger partial charge in [0, 0.05) is 47.8 Å². The van der Waals surface area contributed by atoms with Gasteiger partial charge in [0.1, 0.15) is 0 Å². The van der Waals surface area contributed by atoms with Crippen molar-refractivity contribution < 1.29 is 4.79 Å². The van der Waals surface area contributed by atoms with Gasteiger partial charge in [0.15, 0.2) is 5.11 Å². The number of nitrogens with zero attached hydrogens (tertiary/aromatic N) is 3. The van der Waals surface area contributed by atoms with Gasteiger partial charge in [0.2, 0.25) is 5.91 Å². The molecule has 1 aliphatic rings. The van der Waals surface area contributed by atoms with Crippen LogP contribution in [-0.4, -0.2) is 32.0 Å². The zero-order valence-corrected chi connectivity index (χ0v) is 22.4. The molecule has 194 valence electrons. The standard InChI is InChI=1S/C32H29N5OS/c1-22-9-6-12-24(21-22)36-19-8-16-28(36)31-30(27-14-4-5-18-33-27)35-32(39)37(31)20-17-29(38)34-26-15-7-11-23-10-2-3-13-25(23)26/h2-16,18-19,21,30-31H,17,20H2,1H3,(H,34,38)(H,35,39)/t30-,31+/m1/s1. The Balaban J connectivity index is 1.29. The first-order valence-corrected chi connectivity index (χ1v) is 13.5. The topological polar surface area (TPSA) is 62.2 Å². The molecule has 3 heterocycles. The Kier molecular flexibility index (Phi) is 6.82. The second-order valence-electron chi connectivity index (χ2n) is 9.79. The number of hydrogen-bond acceptors (Lipinski definition) is 3. The molecule has 6 rings (SSSR count). The number of aryl methyl sites for hydroxylation is 1. The minimum absolute atomic E-state index is 0.0525. The van der Waals surface area contributed by atoms with Crippen molar-refractivity contribution >= 4 is 39.7 Å². The lowest BCUT2D eigenvalue weighted by Crippen LogP contribution is -2.33. The average Bonchev–Trinajstić information content (AvgIpc) is 3.57. The molecule has 1 amide bonds. The third kappa shape index (κ3) is 5.01. The van der Waals surface area contributed by atoms with Crippen LogP contribution in [0.3, 0.4) is 0 Å². The molecule has 7 heteroatoms. The molecule has 1 fully saturated rings. The molecule has 2 N–H and O–H groups in total. The van der Waals surface area contributed by atoms with E-state index >= 15 is 0 Å². The molecule has 0 unspecified atom stereocenters. The van der Waals surface area contributed by atoms with Gasteiger partial charge in [-0.25, -0.2) is 0 Å². The van der Waals surface area contributed by atoms with Crippen LogP contribution >= 0.6 is 12.2 Å². The van der Waals surface area contributed by atoms with E-state index in [4.69, 9.17) is 12.2 Å². The number of aromatic nitrogens is 2. The number of carbonyl (C=O) groups excluding carboxylic acids is 1. The first-order valence-electron chi connectivity index (χ1n) is 13.1. The van der Waals surface area contributed by atoms with Crippen molar-refractivity contribution in [3.63, 3.8) is 0 Å². The van der Waals surface area contributed by atoms with Crippen LogP contribution < -0.4 is 10.6 Å². The second kappa shape index (κ2) is 10.7. The quantitative estimate of drug-likeness (QED) is 0.240. The largest absolute Gasteiger partial charge is 0.352 e. The number of hydrogen-bond donors (Lipinski definition) is 2. The number of carbonyl (C=O) groups is 1. The Morgan fingerprint density at radius 3 is 2.64 bits per heavy atom. The summed E-state index contributed by atoms with van der Waals surface area (Å²) in [6.45, 7) is 2.56. The Morgan fingerprint density at radius 2 is 1.79 bits per heavy atom. The van der Waals surface area contributed by atoms with E-state index in [1.54, 1.807) is 6.20 Å². The van der Waals surface area contributed by atoms with E-state index in [-0.39, 0.29) is 18.0 Å². The lowest BCUT2D eigenvalue weighted by atomic mass is 10.0. The molecule has 2 atom stereocenters. The number of amides is 1. The number of fused-ring (bicyclic) bond motifs is 1. The predicted molar refractivity (Wildman–Crippen MR) is 160 cm³/mol. The van der Waals surface area contributed by atoms with E-state index in [2.05, 4.69) is 74.6 Å². The highest BCUT2D eigenvalue weighted by Crippen LogP contribution is 2.39. The van der Waals surface area contributed by atoms with Crippen LogP contribution in [-0.2, 0) is 4.79 Å². The maximum atomic E-state index is 13.2. The second-order valence-corrected chi connectivity index (χ2v) is 10.2. The van der Waals surface area contributed by atoms with Gasteiger partial charge in [0.05, 0.1) is 17.8 Å². The van der Waals surface area contributed by atoms with Crippen LogP contribution in [0.2, 0.25) is 0 Å². The predicted octanol–water partition coefficient (Wildman–Crippen LogP) is 6.34. The molecule has 1 aliphatic heterocycles. The molecule has 5 aromatic rings. The van der Waals surface area contributed by atoms with E-state index in [0.717, 1.165) is 33.5 Å². The van der Waals surface area contributed by atoms with Gasteiger partial charge in [-0.2, -0.15) is 0 Å². The van der Waals surface area contributed by atoms with Crippen LogP contribution in [0.25, 0.3) is 16.5 Å². The molecule has 0 spiro atoms. The van der Waals surface area contributed by atoms with Crippen LogP contribution in [0, 0.1) is 6.92 Å². The van der Waals surface area contributed by atoms with Crippen molar-refractivity contribution in [1.82, 2.24) is 19.8 Å². The number of anilines is 1. The molecule has 3 aromatic carbocycles. The Labute approximate surface area is 233 Å². The first-order chi connectivity index (χ1) is 19.1. The van der Waals surface area contributed by atoms with Gasteiger partial charge in [-0.3, -0.25) is 9.78 Å². The summed E-state index contributed by atoms with van der Waals surface area (Å²) in [4.78, 5) is 19.9. The SMILES string of the molecule is Cc1cccc(-n2cccc2[C@H]2[C@@H](c3ccccn3)NC(=S)N2CCC(=O)Nc2cccc3ccccc23)c1. The molecule has 0 saturated carbocycles. The first kappa shape index (κ1) is 24.8. The smallest absolute Gasteiger partial charge is 0.226 e. The minimum atomic E-state index is -0.154. The molecule has 6 nitrogen and oxygen atoms in total. The molecular weight excluding hydrogens is 502 g/mol. The van der Waals surface area contributed by atoms with Gasteiger partial charge in [-0.05, 0) is 72.6 Å². The fourth-order valence-corrected chi connectivity index (χ4v) is 5.72. The average molecular weight is 532 g/mol. The Morgan fingerprint density at radius 1 is 0.974 bits per heavy atom. The number of nitrogens with one attached hydrogen (secondary N) is 2. The lowest BCUT2D eigenvalue weighted by molar-refractivity contribution is -0.116. The van der Waals surface area contributed by atoms with Crippen LogP contribution in [0.15, 0.2) is 109 Å². The summed E-state index contributed by atoms with van der Waals surface area (Å²) in [6.07, 6.45) is 4.17. The Bertz CT molecular complexity index is 1640. The summed E-state index contributed by atoms with van der Waals surface area (Å²) >= 11 is 5.84. The third-order valence-electron chi connectivity index (χ3n) is 7.20. The Hall–Kier alpha value is -4.49. The van der Waals surface area contributed by atoms with Crippen LogP contribution in [0.5, 0.6) is 0 Å². The van der Waals surface area contributed by atoms with E-state index in [1.165, 1.54) is 5.56 Å². The van der Waals surface area contributed by atoms with Gasteiger partial charge in [-0.1, -0.05) is 54.6 Å². The zero-order valence-electron chi connectivity index (χ0n) is 21.6. The van der Waals surface area contributed by atoms with Crippen molar-refractivity contribution in [2.24, 2.45) is 0 Å². The van der Waals surface area contributed by atoms with Gasteiger partial charge in [-0.15, -0.1) is 0 Å². The summed E-state index contributed by atoms with van der Waals surface area (Å²) < 4.78 is 2.20. The monoisotopic (exact) mass is 531 g/mol. The molecule has 0 radical (unpaired) electrons. The highest BCUT2D eigenvalue weighted by molar-refractivity contribution is 7.80. The fourth-order valence-electron chi connectivity index (χ4n) is 5.39. The van der Waals surface area contributed by atoms with E-state index < -0.39 is 0 Å². The van der Waals surface area contributed by atoms with Crippen LogP contribution in [0.1, 0.15) is 35.5 Å². The summed E-state index contributed by atoms with van der Waals surface area (Å²) in [6, 6.07) is 32.2. The fraction of sp³-hybridized carbons (Fsp3) is 0.156. The highest BCUT2D eigenvalue weighted by Gasteiger charge is 2.41. The zero-order chi connectivity index (χ0) is 26.8. The van der Waals surface area contributed by atoms with E-state index in [1.807, 2.05) is 60.7 Å².